The van der Waals surface area contributed by atoms with Crippen molar-refractivity contribution < 1.29 is 11.3 Å². The first-order chi connectivity index (χ1) is 40.2. The molecule has 0 atom stereocenters. The van der Waals surface area contributed by atoms with E-state index in [-0.39, 0.29) is 69.1 Å². The number of nitrogens with zero attached hydrogens (tertiary/aromatic N) is 3. The Hall–Kier alpha value is -7.02. The molecular formula is C74H74BN3OS. The minimum absolute atomic E-state index is 0.0114. The number of furan rings is 1. The van der Waals surface area contributed by atoms with Crippen LogP contribution in [0.1, 0.15) is 162 Å². The van der Waals surface area contributed by atoms with E-state index in [0.717, 1.165) is 94.4 Å². The van der Waals surface area contributed by atoms with Crippen LogP contribution in [-0.2, 0) is 32.5 Å². The highest BCUT2D eigenvalue weighted by Crippen LogP contribution is 2.57. The number of hydrogen-bond donors (Lipinski definition) is 0. The zero-order chi connectivity index (χ0) is 59.6. The van der Waals surface area contributed by atoms with Gasteiger partial charge in [0, 0.05) is 59.8 Å². The second-order valence-corrected chi connectivity index (χ2v) is 29.2. The molecule has 4 nitrogen and oxygen atoms in total. The lowest BCUT2D eigenvalue weighted by Gasteiger charge is -2.47. The fourth-order valence-electron chi connectivity index (χ4n) is 15.2. The number of anilines is 9. The standard InChI is InChI=1S/C74H74BN3OS/c1-69(2)32-33-70(3,4)53-38-47(30-31-52(53)69)77-61-39-48(76(45-22-15-13-16-23-45)46-24-17-14-18-25-46)40-62-65(61)75(68-66(77)51-41-54-57(44-64(51)80-68)74(11,12)37-34-71(54,5)6)58-42-55-56(73(9,10)36-35-72(55,7)8)43-60(58)78(62)59-28-21-27-50-49-26-19-20-29-63(49)79-67(50)59/h13-31,38-44H,32-37H2,1-12H3/i13D,15D,16D,22D,23D. The van der Waals surface area contributed by atoms with E-state index in [2.05, 4.69) is 184 Å². The maximum absolute atomic E-state index is 9.76. The maximum atomic E-state index is 9.76. The highest BCUT2D eigenvalue weighted by molar-refractivity contribution is 7.33. The average molecular weight is 1070 g/mol. The second kappa shape index (κ2) is 16.8. The molecule has 2 aliphatic heterocycles. The van der Waals surface area contributed by atoms with Gasteiger partial charge in [-0.25, -0.2) is 0 Å². The predicted molar refractivity (Wildman–Crippen MR) is 344 cm³/mol. The van der Waals surface area contributed by atoms with Gasteiger partial charge in [0.25, 0.3) is 6.71 Å². The van der Waals surface area contributed by atoms with Crippen LogP contribution in [0.4, 0.5) is 51.2 Å². The van der Waals surface area contributed by atoms with Gasteiger partial charge in [0.15, 0.2) is 5.58 Å². The van der Waals surface area contributed by atoms with Gasteiger partial charge in [-0.05, 0) is 194 Å². The first-order valence-corrected chi connectivity index (χ1v) is 30.1. The van der Waals surface area contributed by atoms with Crippen LogP contribution in [0.3, 0.4) is 0 Å². The Bertz CT molecular complexity index is 4520. The fraction of sp³-hybridized carbons (Fsp3) is 0.324. The van der Waals surface area contributed by atoms with Gasteiger partial charge in [0.2, 0.25) is 0 Å². The van der Waals surface area contributed by atoms with E-state index < -0.39 is 6.04 Å². The van der Waals surface area contributed by atoms with Gasteiger partial charge in [0.1, 0.15) is 5.58 Å². The second-order valence-electron chi connectivity index (χ2n) is 28.1. The molecule has 2 aromatic heterocycles. The summed E-state index contributed by atoms with van der Waals surface area (Å²) in [6.45, 7) is 28.8. The molecule has 5 aliphatic rings. The van der Waals surface area contributed by atoms with E-state index >= 15 is 0 Å². The summed E-state index contributed by atoms with van der Waals surface area (Å²) in [5.41, 5.74) is 19.5. The Morgan fingerprint density at radius 1 is 0.463 bits per heavy atom. The van der Waals surface area contributed by atoms with Crippen LogP contribution < -0.4 is 30.4 Å². The summed E-state index contributed by atoms with van der Waals surface area (Å²) in [7, 11) is 0. The van der Waals surface area contributed by atoms with Gasteiger partial charge in [-0.3, -0.25) is 0 Å². The highest BCUT2D eigenvalue weighted by Gasteiger charge is 2.50. The fourth-order valence-corrected chi connectivity index (χ4v) is 16.5. The Morgan fingerprint density at radius 3 is 1.70 bits per heavy atom. The van der Waals surface area contributed by atoms with Crippen molar-refractivity contribution in [3.8, 4) is 0 Å². The van der Waals surface area contributed by atoms with Crippen molar-refractivity contribution >= 4 is 117 Å². The molecule has 0 spiro atoms. The van der Waals surface area contributed by atoms with Crippen LogP contribution in [0.25, 0.3) is 32.0 Å². The SMILES string of the molecule is [2H]c1c([2H])c([2H])c(N(c2ccccc2)c2cc3c4c(c2)N(c2cccc5c2oc2ccccc25)c2cc5c(cc2B4c2sc4cc6c(cc4c2N3c2ccc3c(c2)C(C)(C)CCC3(C)C)C(C)(C)CCC6(C)C)C(C)(C)CCC5(C)C)c([2H])c1[2H]. The minimum Gasteiger partial charge on any atom is -0.454 e. The van der Waals surface area contributed by atoms with E-state index in [1.54, 1.807) is 0 Å². The normalized spacial score (nSPS) is 20.1. The minimum atomic E-state index is -0.429. The molecule has 0 saturated heterocycles. The van der Waals surface area contributed by atoms with Crippen molar-refractivity contribution in [3.63, 3.8) is 0 Å². The number of fused-ring (bicyclic) bond motifs is 12. The summed E-state index contributed by atoms with van der Waals surface area (Å²) in [5, 5.41) is 3.30. The lowest BCUT2D eigenvalue weighted by atomic mass is 9.35. The Morgan fingerprint density at radius 2 is 1.02 bits per heavy atom. The molecular weight excluding hydrogens is 990 g/mol. The van der Waals surface area contributed by atoms with E-state index in [1.165, 1.54) is 59.4 Å². The molecule has 0 radical (unpaired) electrons. The van der Waals surface area contributed by atoms with Gasteiger partial charge >= 0.3 is 0 Å². The number of benzene rings is 8. The molecule has 8 aromatic carbocycles. The van der Waals surface area contributed by atoms with Crippen molar-refractivity contribution in [1.29, 1.82) is 0 Å². The van der Waals surface area contributed by atoms with Crippen LogP contribution in [-0.4, -0.2) is 6.71 Å². The first kappa shape index (κ1) is 44.7. The summed E-state index contributed by atoms with van der Waals surface area (Å²) in [6.07, 6.45) is 6.48. The zero-order valence-corrected chi connectivity index (χ0v) is 49.4. The third kappa shape index (κ3) is 7.18. The molecule has 80 heavy (non-hydrogen) atoms. The van der Waals surface area contributed by atoms with E-state index in [0.29, 0.717) is 11.4 Å². The summed E-state index contributed by atoms with van der Waals surface area (Å²) >= 11 is 1.96. The van der Waals surface area contributed by atoms with Gasteiger partial charge in [-0.1, -0.05) is 162 Å². The van der Waals surface area contributed by atoms with Crippen molar-refractivity contribution in [2.75, 3.05) is 14.7 Å². The quantitative estimate of drug-likeness (QED) is 0.160. The molecule has 15 rings (SSSR count). The molecule has 0 N–H and O–H groups in total. The van der Waals surface area contributed by atoms with Crippen LogP contribution in [0.5, 0.6) is 0 Å². The number of para-hydroxylation sites is 4. The van der Waals surface area contributed by atoms with E-state index in [9.17, 15) is 5.48 Å². The van der Waals surface area contributed by atoms with Crippen LogP contribution >= 0.6 is 11.3 Å². The largest absolute Gasteiger partial charge is 0.454 e. The van der Waals surface area contributed by atoms with Gasteiger partial charge in [-0.15, -0.1) is 11.3 Å². The van der Waals surface area contributed by atoms with Crippen LogP contribution in [0.15, 0.2) is 162 Å². The molecule has 0 bridgehead atoms. The first-order valence-electron chi connectivity index (χ1n) is 31.8. The summed E-state index contributed by atoms with van der Waals surface area (Å²) < 4.78 is 56.4. The van der Waals surface area contributed by atoms with Gasteiger partial charge < -0.3 is 19.1 Å². The summed E-state index contributed by atoms with van der Waals surface area (Å²) in [5.74, 6) is 0. The van der Waals surface area contributed by atoms with E-state index in [1.807, 2.05) is 52.6 Å². The van der Waals surface area contributed by atoms with Gasteiger partial charge in [0.05, 0.1) is 23.9 Å². The highest BCUT2D eigenvalue weighted by atomic mass is 32.1. The van der Waals surface area contributed by atoms with Crippen molar-refractivity contribution in [2.24, 2.45) is 0 Å². The molecule has 3 aliphatic carbocycles. The van der Waals surface area contributed by atoms with Gasteiger partial charge in [-0.2, -0.15) is 0 Å². The molecule has 4 heterocycles. The monoisotopic (exact) mass is 1070 g/mol. The molecule has 10 aromatic rings. The van der Waals surface area contributed by atoms with Crippen molar-refractivity contribution in [3.05, 3.63) is 191 Å². The molecule has 0 amide bonds. The number of thiophene rings is 1. The smallest absolute Gasteiger partial charge is 0.264 e. The average Bonchev–Trinajstić information content (AvgIpc) is 1.70. The maximum Gasteiger partial charge on any atom is 0.264 e. The Kier molecular flexibility index (Phi) is 9.38. The van der Waals surface area contributed by atoms with E-state index in [4.69, 9.17) is 5.79 Å². The predicted octanol–water partition coefficient (Wildman–Crippen LogP) is 19.4. The Balaban J connectivity index is 1.15. The molecule has 0 unspecified atom stereocenters. The lowest BCUT2D eigenvalue weighted by molar-refractivity contribution is 0.332. The molecule has 400 valence electrons. The summed E-state index contributed by atoms with van der Waals surface area (Å²) in [6, 6.07) is 45.1. The van der Waals surface area contributed by atoms with Crippen LogP contribution in [0.2, 0.25) is 0 Å². The molecule has 6 heteroatoms. The third-order valence-corrected chi connectivity index (χ3v) is 21.5. The zero-order valence-electron chi connectivity index (χ0n) is 53.6. The molecule has 0 fully saturated rings. The topological polar surface area (TPSA) is 22.9 Å². The number of hydrogen-bond acceptors (Lipinski definition) is 5. The van der Waals surface area contributed by atoms with Crippen molar-refractivity contribution in [2.45, 2.75) is 154 Å². The summed E-state index contributed by atoms with van der Waals surface area (Å²) in [4.78, 5) is 6.97. The molecule has 0 saturated carbocycles. The van der Waals surface area contributed by atoms with Crippen molar-refractivity contribution in [1.82, 2.24) is 0 Å². The Labute approximate surface area is 485 Å². The lowest BCUT2D eigenvalue weighted by Crippen LogP contribution is -2.61. The number of rotatable bonds is 5. The third-order valence-electron chi connectivity index (χ3n) is 20.3. The van der Waals surface area contributed by atoms with Crippen LogP contribution in [0, 0.1) is 0 Å².